The molecule has 0 aromatic carbocycles. The number of nitrogens with one attached hydrogen (secondary N) is 1. The molecule has 18 heavy (non-hydrogen) atoms. The van der Waals surface area contributed by atoms with Gasteiger partial charge in [-0.25, -0.2) is 0 Å². The molecule has 4 atom stereocenters. The minimum Gasteiger partial charge on any atom is -0.359 e. The SMILES string of the molecule is CC1CCCC2(CSC(=NC3CCCC3C)N2)C1. The Hall–Kier alpha value is -0.180. The van der Waals surface area contributed by atoms with Gasteiger partial charge in [-0.1, -0.05) is 44.9 Å². The largest absolute Gasteiger partial charge is 0.359 e. The van der Waals surface area contributed by atoms with Crippen LogP contribution < -0.4 is 5.32 Å². The molecular formula is C15H26N2S. The van der Waals surface area contributed by atoms with E-state index in [0.29, 0.717) is 11.6 Å². The molecule has 0 bridgehead atoms. The van der Waals surface area contributed by atoms with Crippen LogP contribution >= 0.6 is 11.8 Å². The van der Waals surface area contributed by atoms with Crippen molar-refractivity contribution in [1.29, 1.82) is 0 Å². The fourth-order valence-corrected chi connectivity index (χ4v) is 5.19. The number of nitrogens with zero attached hydrogens (tertiary/aromatic N) is 1. The van der Waals surface area contributed by atoms with Crippen molar-refractivity contribution in [3.63, 3.8) is 0 Å². The van der Waals surface area contributed by atoms with E-state index in [9.17, 15) is 0 Å². The highest BCUT2D eigenvalue weighted by Crippen LogP contribution is 2.39. The van der Waals surface area contributed by atoms with E-state index in [0.717, 1.165) is 11.8 Å². The van der Waals surface area contributed by atoms with Crippen LogP contribution in [0.2, 0.25) is 0 Å². The highest BCUT2D eigenvalue weighted by Gasteiger charge is 2.40. The Morgan fingerprint density at radius 1 is 1.22 bits per heavy atom. The second kappa shape index (κ2) is 5.07. The summed E-state index contributed by atoms with van der Waals surface area (Å²) in [6.45, 7) is 4.77. The van der Waals surface area contributed by atoms with Crippen LogP contribution in [0, 0.1) is 11.8 Å². The van der Waals surface area contributed by atoms with Gasteiger partial charge in [-0.3, -0.25) is 4.99 Å². The lowest BCUT2D eigenvalue weighted by Gasteiger charge is -2.36. The summed E-state index contributed by atoms with van der Waals surface area (Å²) < 4.78 is 0. The van der Waals surface area contributed by atoms with Crippen LogP contribution in [0.5, 0.6) is 0 Å². The number of hydrogen-bond donors (Lipinski definition) is 1. The Balaban J connectivity index is 1.65. The average Bonchev–Trinajstić information content (AvgIpc) is 2.88. The van der Waals surface area contributed by atoms with Crippen molar-refractivity contribution in [3.05, 3.63) is 0 Å². The monoisotopic (exact) mass is 266 g/mol. The summed E-state index contributed by atoms with van der Waals surface area (Å²) in [5.41, 5.74) is 0.392. The summed E-state index contributed by atoms with van der Waals surface area (Å²) in [5, 5.41) is 5.05. The van der Waals surface area contributed by atoms with Gasteiger partial charge in [0.05, 0.1) is 6.04 Å². The molecule has 0 aromatic heterocycles. The maximum atomic E-state index is 5.00. The molecule has 3 rings (SSSR count). The zero-order valence-electron chi connectivity index (χ0n) is 11.7. The second-order valence-corrected chi connectivity index (χ2v) is 7.77. The van der Waals surface area contributed by atoms with Crippen molar-refractivity contribution in [2.45, 2.75) is 70.4 Å². The van der Waals surface area contributed by atoms with Crippen LogP contribution in [0.3, 0.4) is 0 Å². The zero-order chi connectivity index (χ0) is 12.6. The number of rotatable bonds is 1. The smallest absolute Gasteiger partial charge is 0.157 e. The Morgan fingerprint density at radius 2 is 2.11 bits per heavy atom. The van der Waals surface area contributed by atoms with Gasteiger partial charge in [0.1, 0.15) is 0 Å². The third kappa shape index (κ3) is 2.56. The molecule has 1 saturated heterocycles. The quantitative estimate of drug-likeness (QED) is 0.780. The van der Waals surface area contributed by atoms with E-state index in [4.69, 9.17) is 4.99 Å². The van der Waals surface area contributed by atoms with Crippen LogP contribution in [0.1, 0.15) is 58.8 Å². The molecule has 3 fully saturated rings. The molecule has 1 aliphatic heterocycles. The predicted octanol–water partition coefficient (Wildman–Crippen LogP) is 3.82. The van der Waals surface area contributed by atoms with Crippen molar-refractivity contribution >= 4 is 16.9 Å². The first-order chi connectivity index (χ1) is 8.67. The van der Waals surface area contributed by atoms with Crippen molar-refractivity contribution in [3.8, 4) is 0 Å². The van der Waals surface area contributed by atoms with E-state index in [1.165, 1.54) is 55.9 Å². The minimum absolute atomic E-state index is 0.392. The van der Waals surface area contributed by atoms with Crippen LogP contribution in [0.25, 0.3) is 0 Å². The number of hydrogen-bond acceptors (Lipinski definition) is 2. The summed E-state index contributed by atoms with van der Waals surface area (Å²) >= 11 is 1.98. The lowest BCUT2D eigenvalue weighted by Crippen LogP contribution is -2.47. The molecule has 0 amide bonds. The van der Waals surface area contributed by atoms with Gasteiger partial charge in [0.2, 0.25) is 0 Å². The maximum Gasteiger partial charge on any atom is 0.157 e. The van der Waals surface area contributed by atoms with E-state index in [1.807, 2.05) is 11.8 Å². The molecule has 3 heteroatoms. The summed E-state index contributed by atoms with van der Waals surface area (Å²) in [7, 11) is 0. The van der Waals surface area contributed by atoms with E-state index in [-0.39, 0.29) is 0 Å². The molecule has 2 saturated carbocycles. The van der Waals surface area contributed by atoms with E-state index in [1.54, 1.807) is 0 Å². The fraction of sp³-hybridized carbons (Fsp3) is 0.933. The van der Waals surface area contributed by atoms with Gasteiger partial charge in [0, 0.05) is 11.3 Å². The summed E-state index contributed by atoms with van der Waals surface area (Å²) in [4.78, 5) is 5.00. The Bertz CT molecular complexity index is 341. The molecule has 1 heterocycles. The Morgan fingerprint density at radius 3 is 2.83 bits per heavy atom. The Labute approximate surface area is 115 Å². The van der Waals surface area contributed by atoms with E-state index < -0.39 is 0 Å². The van der Waals surface area contributed by atoms with E-state index in [2.05, 4.69) is 19.2 Å². The zero-order valence-corrected chi connectivity index (χ0v) is 12.6. The van der Waals surface area contributed by atoms with Crippen LogP contribution in [-0.4, -0.2) is 22.5 Å². The first kappa shape index (κ1) is 12.8. The number of aliphatic imine (C=N–C) groups is 1. The maximum absolute atomic E-state index is 5.00. The van der Waals surface area contributed by atoms with E-state index >= 15 is 0 Å². The molecule has 3 aliphatic rings. The second-order valence-electron chi connectivity index (χ2n) is 6.81. The molecule has 2 aliphatic carbocycles. The minimum atomic E-state index is 0.392. The lowest BCUT2D eigenvalue weighted by molar-refractivity contribution is 0.242. The number of thioether (sulfide) groups is 1. The standard InChI is InChI=1S/C15H26N2S/c1-11-5-4-8-15(9-11)10-18-14(17-15)16-13-7-3-6-12(13)2/h11-13H,3-10H2,1-2H3,(H,16,17). The van der Waals surface area contributed by atoms with Crippen molar-refractivity contribution in [2.75, 3.05) is 5.75 Å². The highest BCUT2D eigenvalue weighted by molar-refractivity contribution is 8.14. The summed E-state index contributed by atoms with van der Waals surface area (Å²) in [5.74, 6) is 2.93. The third-order valence-electron chi connectivity index (χ3n) is 5.05. The molecule has 4 unspecified atom stereocenters. The lowest BCUT2D eigenvalue weighted by atomic mass is 9.78. The molecular weight excluding hydrogens is 240 g/mol. The molecule has 0 aromatic rings. The van der Waals surface area contributed by atoms with Crippen molar-refractivity contribution in [2.24, 2.45) is 16.8 Å². The van der Waals surface area contributed by atoms with Gasteiger partial charge in [-0.05, 0) is 37.5 Å². The Kier molecular flexibility index (Phi) is 3.61. The average molecular weight is 266 g/mol. The third-order valence-corrected chi connectivity index (χ3v) is 6.23. The van der Waals surface area contributed by atoms with Crippen molar-refractivity contribution in [1.82, 2.24) is 5.32 Å². The van der Waals surface area contributed by atoms with Crippen LogP contribution in [0.15, 0.2) is 4.99 Å². The van der Waals surface area contributed by atoms with Crippen LogP contribution in [0.4, 0.5) is 0 Å². The van der Waals surface area contributed by atoms with Gasteiger partial charge in [0.15, 0.2) is 5.17 Å². The topological polar surface area (TPSA) is 24.4 Å². The number of amidine groups is 1. The van der Waals surface area contributed by atoms with Crippen molar-refractivity contribution < 1.29 is 0 Å². The van der Waals surface area contributed by atoms with Gasteiger partial charge in [-0.2, -0.15) is 0 Å². The first-order valence-corrected chi connectivity index (χ1v) is 8.64. The molecule has 0 radical (unpaired) electrons. The van der Waals surface area contributed by atoms with Gasteiger partial charge in [0.25, 0.3) is 0 Å². The van der Waals surface area contributed by atoms with Crippen LogP contribution in [-0.2, 0) is 0 Å². The predicted molar refractivity (Wildman–Crippen MR) is 80.2 cm³/mol. The molecule has 2 nitrogen and oxygen atoms in total. The molecule has 1 spiro atoms. The van der Waals surface area contributed by atoms with Gasteiger partial charge >= 0.3 is 0 Å². The van der Waals surface area contributed by atoms with Gasteiger partial charge in [-0.15, -0.1) is 0 Å². The summed E-state index contributed by atoms with van der Waals surface area (Å²) in [6, 6.07) is 0.594. The molecule has 102 valence electrons. The first-order valence-electron chi connectivity index (χ1n) is 7.66. The van der Waals surface area contributed by atoms with Gasteiger partial charge < -0.3 is 5.32 Å². The fourth-order valence-electron chi connectivity index (χ4n) is 3.95. The highest BCUT2D eigenvalue weighted by atomic mass is 32.2. The normalized spacial score (nSPS) is 46.8. The molecule has 1 N–H and O–H groups in total. The summed E-state index contributed by atoms with van der Waals surface area (Å²) in [6.07, 6.45) is 9.55.